The number of rotatable bonds is 4. The summed E-state index contributed by atoms with van der Waals surface area (Å²) < 4.78 is 24.6. The summed E-state index contributed by atoms with van der Waals surface area (Å²) in [6.45, 7) is 3.19. The predicted octanol–water partition coefficient (Wildman–Crippen LogP) is 3.77. The summed E-state index contributed by atoms with van der Waals surface area (Å²) in [5, 5.41) is 6.75. The first-order chi connectivity index (χ1) is 12.2. The first kappa shape index (κ1) is 17.1. The van der Waals surface area contributed by atoms with E-state index in [4.69, 9.17) is 9.47 Å². The summed E-state index contributed by atoms with van der Waals surface area (Å²) in [6, 6.07) is 6.96. The summed E-state index contributed by atoms with van der Waals surface area (Å²) in [5.41, 5.74) is 1.88. The fourth-order valence-corrected chi connectivity index (χ4v) is 4.42. The van der Waals surface area contributed by atoms with Crippen LogP contribution in [0.15, 0.2) is 29.6 Å². The van der Waals surface area contributed by atoms with Crippen LogP contribution in [0.1, 0.15) is 30.7 Å². The number of aromatic nitrogens is 1. The molecule has 2 aliphatic rings. The number of ether oxygens (including phenoxy) is 2. The van der Waals surface area contributed by atoms with Crippen molar-refractivity contribution in [2.45, 2.75) is 43.9 Å². The van der Waals surface area contributed by atoms with Crippen LogP contribution in [-0.2, 0) is 16.0 Å². The standard InChI is InChI=1S/C19H23FN2O2S/c20-15-3-1-14(2-4-15)17-13-25-18(22-17)12-21-16-5-8-24-19(11-16)6-9-23-10-7-19/h1-4,13,16,21H,5-12H2/t16-/m0/s1. The second-order valence-electron chi connectivity index (χ2n) is 6.85. The van der Waals surface area contributed by atoms with Gasteiger partial charge < -0.3 is 14.8 Å². The van der Waals surface area contributed by atoms with Crippen molar-refractivity contribution in [3.63, 3.8) is 0 Å². The van der Waals surface area contributed by atoms with Crippen LogP contribution in [0.4, 0.5) is 4.39 Å². The molecule has 0 radical (unpaired) electrons. The van der Waals surface area contributed by atoms with E-state index in [9.17, 15) is 4.39 Å². The highest BCUT2D eigenvalue weighted by Crippen LogP contribution is 2.34. The molecule has 4 rings (SSSR count). The van der Waals surface area contributed by atoms with E-state index in [0.717, 1.165) is 68.3 Å². The van der Waals surface area contributed by atoms with Crippen LogP contribution in [0, 0.1) is 5.82 Å². The Morgan fingerprint density at radius 3 is 2.80 bits per heavy atom. The third-order valence-corrected chi connectivity index (χ3v) is 5.98. The van der Waals surface area contributed by atoms with E-state index in [1.165, 1.54) is 12.1 Å². The van der Waals surface area contributed by atoms with Crippen molar-refractivity contribution >= 4 is 11.3 Å². The van der Waals surface area contributed by atoms with Gasteiger partial charge in [-0.15, -0.1) is 11.3 Å². The van der Waals surface area contributed by atoms with Crippen LogP contribution in [0.3, 0.4) is 0 Å². The molecule has 2 fully saturated rings. The first-order valence-electron chi connectivity index (χ1n) is 8.88. The van der Waals surface area contributed by atoms with Gasteiger partial charge in [0.2, 0.25) is 0 Å². The second-order valence-corrected chi connectivity index (χ2v) is 7.79. The molecule has 4 nitrogen and oxygen atoms in total. The minimum Gasteiger partial charge on any atom is -0.381 e. The molecule has 1 spiro atoms. The van der Waals surface area contributed by atoms with Crippen molar-refractivity contribution in [2.24, 2.45) is 0 Å². The molecule has 0 amide bonds. The summed E-state index contributed by atoms with van der Waals surface area (Å²) in [7, 11) is 0. The molecule has 3 heterocycles. The Bertz CT molecular complexity index is 692. The topological polar surface area (TPSA) is 43.4 Å². The molecule has 0 aliphatic carbocycles. The molecule has 0 bridgehead atoms. The Balaban J connectivity index is 1.34. The number of benzene rings is 1. The van der Waals surface area contributed by atoms with Gasteiger partial charge in [0, 0.05) is 43.4 Å². The molecule has 1 aromatic carbocycles. The van der Waals surface area contributed by atoms with Crippen LogP contribution < -0.4 is 5.32 Å². The van der Waals surface area contributed by atoms with E-state index < -0.39 is 0 Å². The SMILES string of the molecule is Fc1ccc(-c2csc(CN[C@H]3CCOC4(CCOCC4)C3)n2)cc1. The maximum absolute atomic E-state index is 13.0. The van der Waals surface area contributed by atoms with E-state index in [1.807, 2.05) is 5.38 Å². The summed E-state index contributed by atoms with van der Waals surface area (Å²) >= 11 is 1.65. The lowest BCUT2D eigenvalue weighted by atomic mass is 9.84. The minimum atomic E-state index is -0.220. The zero-order valence-corrected chi connectivity index (χ0v) is 15.0. The second kappa shape index (κ2) is 7.50. The first-order valence-corrected chi connectivity index (χ1v) is 9.76. The third kappa shape index (κ3) is 4.08. The van der Waals surface area contributed by atoms with E-state index in [-0.39, 0.29) is 11.4 Å². The van der Waals surface area contributed by atoms with Crippen LogP contribution in [0.5, 0.6) is 0 Å². The molecule has 1 aromatic heterocycles. The maximum Gasteiger partial charge on any atom is 0.123 e. The monoisotopic (exact) mass is 362 g/mol. The normalized spacial score (nSPS) is 23.0. The molecule has 25 heavy (non-hydrogen) atoms. The number of thiazole rings is 1. The molecule has 1 N–H and O–H groups in total. The lowest BCUT2D eigenvalue weighted by Crippen LogP contribution is -2.49. The van der Waals surface area contributed by atoms with E-state index in [1.54, 1.807) is 23.5 Å². The average molecular weight is 362 g/mol. The van der Waals surface area contributed by atoms with Gasteiger partial charge >= 0.3 is 0 Å². The number of halogens is 1. The largest absolute Gasteiger partial charge is 0.381 e. The molecule has 6 heteroatoms. The molecule has 2 aliphatic heterocycles. The fourth-order valence-electron chi connectivity index (χ4n) is 3.67. The van der Waals surface area contributed by atoms with Crippen LogP contribution in [0.25, 0.3) is 11.3 Å². The molecule has 2 aromatic rings. The minimum absolute atomic E-state index is 0.0102. The van der Waals surface area contributed by atoms with Crippen molar-refractivity contribution < 1.29 is 13.9 Å². The highest BCUT2D eigenvalue weighted by molar-refractivity contribution is 7.09. The third-order valence-electron chi connectivity index (χ3n) is 5.13. The van der Waals surface area contributed by atoms with Gasteiger partial charge in [0.25, 0.3) is 0 Å². The van der Waals surface area contributed by atoms with E-state index >= 15 is 0 Å². The number of nitrogens with zero attached hydrogens (tertiary/aromatic N) is 1. The smallest absolute Gasteiger partial charge is 0.123 e. The lowest BCUT2D eigenvalue weighted by Gasteiger charge is -2.43. The Hall–Kier alpha value is -1.34. The van der Waals surface area contributed by atoms with Crippen molar-refractivity contribution in [1.29, 1.82) is 0 Å². The van der Waals surface area contributed by atoms with Crippen molar-refractivity contribution in [2.75, 3.05) is 19.8 Å². The Morgan fingerprint density at radius 2 is 2.00 bits per heavy atom. The summed E-state index contributed by atoms with van der Waals surface area (Å²) in [5.74, 6) is -0.220. The van der Waals surface area contributed by atoms with Crippen LogP contribution in [-0.4, -0.2) is 36.4 Å². The zero-order valence-electron chi connectivity index (χ0n) is 14.2. The zero-order chi connectivity index (χ0) is 17.1. The van der Waals surface area contributed by atoms with Crippen molar-refractivity contribution in [3.05, 3.63) is 40.5 Å². The van der Waals surface area contributed by atoms with Gasteiger partial charge in [-0.05, 0) is 49.9 Å². The molecular formula is C19H23FN2O2S. The maximum atomic E-state index is 13.0. The van der Waals surface area contributed by atoms with Gasteiger partial charge in [0.05, 0.1) is 11.3 Å². The Morgan fingerprint density at radius 1 is 1.20 bits per heavy atom. The fraction of sp³-hybridized carbons (Fsp3) is 0.526. The Kier molecular flexibility index (Phi) is 5.12. The van der Waals surface area contributed by atoms with Crippen molar-refractivity contribution in [1.82, 2.24) is 10.3 Å². The number of hydrogen-bond acceptors (Lipinski definition) is 5. The van der Waals surface area contributed by atoms with Gasteiger partial charge in [0.1, 0.15) is 10.8 Å². The van der Waals surface area contributed by atoms with E-state index in [2.05, 4.69) is 10.3 Å². The molecule has 0 saturated carbocycles. The van der Waals surface area contributed by atoms with E-state index in [0.29, 0.717) is 6.04 Å². The molecule has 0 unspecified atom stereocenters. The van der Waals surface area contributed by atoms with Crippen LogP contribution in [0.2, 0.25) is 0 Å². The Labute approximate surface area is 151 Å². The van der Waals surface area contributed by atoms with Gasteiger partial charge in [-0.25, -0.2) is 9.37 Å². The predicted molar refractivity (Wildman–Crippen MR) is 96.1 cm³/mol. The highest BCUT2D eigenvalue weighted by Gasteiger charge is 2.38. The lowest BCUT2D eigenvalue weighted by molar-refractivity contribution is -0.140. The van der Waals surface area contributed by atoms with Crippen molar-refractivity contribution in [3.8, 4) is 11.3 Å². The van der Waals surface area contributed by atoms with Gasteiger partial charge in [-0.2, -0.15) is 0 Å². The molecule has 2 saturated heterocycles. The van der Waals surface area contributed by atoms with Gasteiger partial charge in [0.15, 0.2) is 0 Å². The van der Waals surface area contributed by atoms with Gasteiger partial charge in [-0.3, -0.25) is 0 Å². The number of nitrogens with one attached hydrogen (secondary N) is 1. The summed E-state index contributed by atoms with van der Waals surface area (Å²) in [6.07, 6.45) is 4.08. The average Bonchev–Trinajstić information content (AvgIpc) is 3.10. The quantitative estimate of drug-likeness (QED) is 0.899. The highest BCUT2D eigenvalue weighted by atomic mass is 32.1. The van der Waals surface area contributed by atoms with Gasteiger partial charge in [-0.1, -0.05) is 0 Å². The van der Waals surface area contributed by atoms with Crippen LogP contribution >= 0.6 is 11.3 Å². The number of hydrogen-bond donors (Lipinski definition) is 1. The molecular weight excluding hydrogens is 339 g/mol. The molecule has 1 atom stereocenters. The molecule has 134 valence electrons. The summed E-state index contributed by atoms with van der Waals surface area (Å²) in [4.78, 5) is 4.68.